The van der Waals surface area contributed by atoms with Gasteiger partial charge in [0.15, 0.2) is 5.96 Å². The second-order valence-corrected chi connectivity index (χ2v) is 12.6. The smallest absolute Gasteiger partial charge is 0.326 e. The van der Waals surface area contributed by atoms with Crippen molar-refractivity contribution in [2.24, 2.45) is 27.9 Å². The fourth-order valence-electron chi connectivity index (χ4n) is 6.24. The molecular weight excluding hydrogens is 648 g/mol. The monoisotopic (exact) mass is 700 g/mol. The van der Waals surface area contributed by atoms with Crippen molar-refractivity contribution in [2.75, 3.05) is 32.7 Å². The van der Waals surface area contributed by atoms with E-state index in [1.165, 1.54) is 9.80 Å². The summed E-state index contributed by atoms with van der Waals surface area (Å²) in [5.74, 6) is -3.86. The molecular formula is C33H52N10O7. The number of carbonyl (C=O) groups excluding carboxylic acids is 5. The highest BCUT2D eigenvalue weighted by Crippen LogP contribution is 2.26. The van der Waals surface area contributed by atoms with Crippen molar-refractivity contribution in [1.82, 2.24) is 25.8 Å². The number of aliphatic imine (C=N–C) groups is 1. The molecule has 2 aliphatic rings. The Hall–Kier alpha value is -4.77. The number of rotatable bonds is 19. The molecule has 5 amide bonds. The van der Waals surface area contributed by atoms with Crippen molar-refractivity contribution in [3.63, 3.8) is 0 Å². The third-order valence-electron chi connectivity index (χ3n) is 8.86. The van der Waals surface area contributed by atoms with E-state index in [1.54, 1.807) is 30.3 Å². The van der Waals surface area contributed by atoms with Crippen LogP contribution < -0.4 is 38.9 Å². The largest absolute Gasteiger partial charge is 0.480 e. The first-order chi connectivity index (χ1) is 23.9. The molecule has 2 fully saturated rings. The Labute approximate surface area is 291 Å². The van der Waals surface area contributed by atoms with Gasteiger partial charge in [-0.15, -0.1) is 0 Å². The zero-order valence-corrected chi connectivity index (χ0v) is 28.4. The van der Waals surface area contributed by atoms with Crippen molar-refractivity contribution in [3.8, 4) is 0 Å². The van der Waals surface area contributed by atoms with Gasteiger partial charge >= 0.3 is 5.97 Å². The lowest BCUT2D eigenvalue weighted by atomic mass is 10.1. The topological polar surface area (TPSA) is 282 Å². The number of aliphatic carboxylic acids is 1. The lowest BCUT2D eigenvalue weighted by molar-refractivity contribution is -0.148. The minimum atomic E-state index is -1.21. The molecule has 5 atom stereocenters. The Morgan fingerprint density at radius 1 is 0.880 bits per heavy atom. The number of hydrogen-bond donors (Lipinski definition) is 8. The van der Waals surface area contributed by atoms with Crippen LogP contribution in [0, 0.1) is 0 Å². The molecule has 0 bridgehead atoms. The van der Waals surface area contributed by atoms with Crippen LogP contribution in [0.15, 0.2) is 35.3 Å². The summed E-state index contributed by atoms with van der Waals surface area (Å²) in [4.78, 5) is 85.1. The number of carboxylic acid groups (broad SMARTS) is 1. The summed E-state index contributed by atoms with van der Waals surface area (Å²) in [7, 11) is 0. The number of carbonyl (C=O) groups is 6. The summed E-state index contributed by atoms with van der Waals surface area (Å²) < 4.78 is 0. The lowest BCUT2D eigenvalue weighted by Gasteiger charge is -2.33. The highest BCUT2D eigenvalue weighted by atomic mass is 16.4. The molecule has 0 aliphatic carbocycles. The van der Waals surface area contributed by atoms with E-state index in [0.717, 1.165) is 5.56 Å². The van der Waals surface area contributed by atoms with Gasteiger partial charge in [0, 0.05) is 26.1 Å². The van der Waals surface area contributed by atoms with Crippen LogP contribution >= 0.6 is 0 Å². The van der Waals surface area contributed by atoms with Gasteiger partial charge in [0.1, 0.15) is 24.2 Å². The Morgan fingerprint density at radius 3 is 2.22 bits per heavy atom. The summed E-state index contributed by atoms with van der Waals surface area (Å²) in [6.07, 6.45) is 4.25. The van der Waals surface area contributed by atoms with Crippen LogP contribution in [0.5, 0.6) is 0 Å². The molecule has 17 nitrogen and oxygen atoms in total. The van der Waals surface area contributed by atoms with Gasteiger partial charge in [-0.3, -0.25) is 29.0 Å². The van der Waals surface area contributed by atoms with Gasteiger partial charge in [0.05, 0.1) is 12.6 Å². The molecule has 17 heteroatoms. The molecule has 3 rings (SSSR count). The molecule has 0 aromatic heterocycles. The molecule has 0 unspecified atom stereocenters. The maximum absolute atomic E-state index is 13.9. The predicted octanol–water partition coefficient (Wildman–Crippen LogP) is -2.11. The summed E-state index contributed by atoms with van der Waals surface area (Å²) in [5, 5.41) is 17.3. The van der Waals surface area contributed by atoms with Crippen molar-refractivity contribution in [3.05, 3.63) is 35.9 Å². The van der Waals surface area contributed by atoms with Crippen molar-refractivity contribution in [1.29, 1.82) is 0 Å². The number of nitrogens with one attached hydrogen (secondary N) is 3. The minimum Gasteiger partial charge on any atom is -0.480 e. The SMILES string of the molecule is NCCCC[C@H](N)C(=O)N[C@@H](CCCN=C(N)N)C(=O)N1CCC[C@H]1C(=O)N1CCC[C@H]1C(=O)NCC(=O)N[C@@H](Cc1ccccc1)C(=O)O. The number of unbranched alkanes of at least 4 members (excludes halogenated alkanes) is 1. The van der Waals surface area contributed by atoms with Crippen LogP contribution in [0.25, 0.3) is 0 Å². The summed E-state index contributed by atoms with van der Waals surface area (Å²) in [6.45, 7) is 0.813. The molecule has 50 heavy (non-hydrogen) atoms. The Balaban J connectivity index is 1.63. The molecule has 1 aromatic rings. The molecule has 1 aromatic carbocycles. The van der Waals surface area contributed by atoms with Gasteiger partial charge in [0.25, 0.3) is 0 Å². The number of amides is 5. The number of carboxylic acids is 1. The Bertz CT molecular complexity index is 1360. The van der Waals surface area contributed by atoms with E-state index in [-0.39, 0.29) is 38.4 Å². The van der Waals surface area contributed by atoms with Gasteiger partial charge in [0.2, 0.25) is 29.5 Å². The van der Waals surface area contributed by atoms with Crippen LogP contribution in [0.4, 0.5) is 0 Å². The van der Waals surface area contributed by atoms with E-state index in [1.807, 2.05) is 0 Å². The molecule has 0 spiro atoms. The zero-order chi connectivity index (χ0) is 36.6. The maximum atomic E-state index is 13.9. The van der Waals surface area contributed by atoms with Gasteiger partial charge < -0.3 is 53.8 Å². The van der Waals surface area contributed by atoms with Crippen LogP contribution in [-0.2, 0) is 35.2 Å². The fourth-order valence-corrected chi connectivity index (χ4v) is 6.24. The number of likely N-dealkylation sites (tertiary alicyclic amines) is 2. The standard InChI is InChI=1S/C33H52N10O7/c34-15-5-4-11-22(35)28(45)41-23(12-6-16-38-33(36)37)30(47)43-18-8-14-26(43)31(48)42-17-7-13-25(42)29(46)39-20-27(44)40-24(32(49)50)19-21-9-2-1-3-10-21/h1-3,9-10,22-26H,4-8,11-20,34-35H2,(H,39,46)(H,40,44)(H,41,45)(H,49,50)(H4,36,37,38)/t22-,23-,24-,25-,26-/m0/s1. The van der Waals surface area contributed by atoms with Crippen LogP contribution in [-0.4, -0.2) is 119 Å². The fraction of sp³-hybridized carbons (Fsp3) is 0.606. The van der Waals surface area contributed by atoms with Crippen molar-refractivity contribution in [2.45, 2.75) is 94.4 Å². The van der Waals surface area contributed by atoms with Gasteiger partial charge in [-0.25, -0.2) is 4.79 Å². The first kappa shape index (κ1) is 39.7. The Morgan fingerprint density at radius 2 is 1.56 bits per heavy atom. The van der Waals surface area contributed by atoms with Gasteiger partial charge in [-0.05, 0) is 63.5 Å². The number of benzene rings is 1. The molecule has 2 heterocycles. The Kier molecular flexibility index (Phi) is 15.9. The lowest BCUT2D eigenvalue weighted by Crippen LogP contribution is -2.57. The second-order valence-electron chi connectivity index (χ2n) is 12.6. The van der Waals surface area contributed by atoms with Crippen LogP contribution in [0.3, 0.4) is 0 Å². The molecule has 2 saturated heterocycles. The minimum absolute atomic E-state index is 0.0692. The van der Waals surface area contributed by atoms with E-state index < -0.39 is 72.3 Å². The van der Waals surface area contributed by atoms with Gasteiger partial charge in [-0.1, -0.05) is 36.8 Å². The highest BCUT2D eigenvalue weighted by Gasteiger charge is 2.43. The zero-order valence-electron chi connectivity index (χ0n) is 28.4. The van der Waals surface area contributed by atoms with Crippen molar-refractivity contribution >= 4 is 41.5 Å². The summed E-state index contributed by atoms with van der Waals surface area (Å²) in [5.41, 5.74) is 23.2. The third kappa shape index (κ3) is 12.0. The van der Waals surface area contributed by atoms with Crippen LogP contribution in [0.2, 0.25) is 0 Å². The highest BCUT2D eigenvalue weighted by molar-refractivity contribution is 5.96. The average molecular weight is 701 g/mol. The van der Waals surface area contributed by atoms with E-state index in [0.29, 0.717) is 57.9 Å². The first-order valence-corrected chi connectivity index (χ1v) is 17.2. The molecule has 0 radical (unpaired) electrons. The molecule has 2 aliphatic heterocycles. The molecule has 0 saturated carbocycles. The van der Waals surface area contributed by atoms with Crippen molar-refractivity contribution < 1.29 is 33.9 Å². The number of hydrogen-bond acceptors (Lipinski definition) is 9. The molecule has 276 valence electrons. The second kappa shape index (κ2) is 20.0. The summed E-state index contributed by atoms with van der Waals surface area (Å²) in [6, 6.07) is 4.12. The third-order valence-corrected chi connectivity index (χ3v) is 8.86. The summed E-state index contributed by atoms with van der Waals surface area (Å²) >= 11 is 0. The quantitative estimate of drug-likeness (QED) is 0.0439. The first-order valence-electron chi connectivity index (χ1n) is 17.2. The van der Waals surface area contributed by atoms with Crippen LogP contribution in [0.1, 0.15) is 63.4 Å². The van der Waals surface area contributed by atoms with E-state index in [9.17, 15) is 33.9 Å². The number of guanidine groups is 1. The van der Waals surface area contributed by atoms with Gasteiger partial charge in [-0.2, -0.15) is 0 Å². The van der Waals surface area contributed by atoms with E-state index >= 15 is 0 Å². The number of nitrogens with two attached hydrogens (primary N) is 4. The van der Waals surface area contributed by atoms with E-state index in [4.69, 9.17) is 22.9 Å². The molecule has 12 N–H and O–H groups in total. The predicted molar refractivity (Wildman–Crippen MR) is 185 cm³/mol. The maximum Gasteiger partial charge on any atom is 0.326 e. The average Bonchev–Trinajstić information content (AvgIpc) is 3.79. The number of nitrogens with zero attached hydrogens (tertiary/aromatic N) is 3. The normalized spacial score (nSPS) is 18.8. The van der Waals surface area contributed by atoms with E-state index in [2.05, 4.69) is 20.9 Å².